The van der Waals surface area contributed by atoms with E-state index in [1.54, 1.807) is 29.0 Å². The summed E-state index contributed by atoms with van der Waals surface area (Å²) < 4.78 is 18.7. The zero-order chi connectivity index (χ0) is 18.6. The highest BCUT2D eigenvalue weighted by Crippen LogP contribution is 2.21. The molecule has 1 aromatic carbocycles. The highest BCUT2D eigenvalue weighted by molar-refractivity contribution is 5.80. The van der Waals surface area contributed by atoms with E-state index in [1.807, 2.05) is 20.8 Å². The fourth-order valence-corrected chi connectivity index (χ4v) is 2.97. The number of carbonyl (C=O) groups is 2. The molecule has 0 N–H and O–H groups in total. The van der Waals surface area contributed by atoms with Gasteiger partial charge in [0.2, 0.25) is 5.91 Å². The molecule has 1 atom stereocenters. The number of nitrogens with zero attached hydrogens (tertiary/aromatic N) is 2. The first-order chi connectivity index (χ1) is 11.7. The normalized spacial score (nSPS) is 18.0. The molecule has 1 heterocycles. The Bertz CT molecular complexity index is 627. The molecular formula is C19H27FN2O3. The van der Waals surface area contributed by atoms with Crippen molar-refractivity contribution in [1.29, 1.82) is 0 Å². The van der Waals surface area contributed by atoms with E-state index in [0.29, 0.717) is 19.6 Å². The number of amides is 2. The number of benzene rings is 1. The molecule has 5 nitrogen and oxygen atoms in total. The average Bonchev–Trinajstić information content (AvgIpc) is 2.52. The Morgan fingerprint density at radius 3 is 2.72 bits per heavy atom. The summed E-state index contributed by atoms with van der Waals surface area (Å²) in [5.41, 5.74) is 0.193. The summed E-state index contributed by atoms with van der Waals surface area (Å²) in [7, 11) is 1.71. The lowest BCUT2D eigenvalue weighted by molar-refractivity contribution is -0.136. The summed E-state index contributed by atoms with van der Waals surface area (Å²) in [6, 6.07) is 6.23. The minimum Gasteiger partial charge on any atom is -0.444 e. The molecule has 1 fully saturated rings. The van der Waals surface area contributed by atoms with Gasteiger partial charge in [-0.25, -0.2) is 9.18 Å². The third-order valence-corrected chi connectivity index (χ3v) is 4.11. The van der Waals surface area contributed by atoms with E-state index in [0.717, 1.165) is 18.4 Å². The van der Waals surface area contributed by atoms with Crippen LogP contribution in [0.25, 0.3) is 0 Å². The highest BCUT2D eigenvalue weighted by Gasteiger charge is 2.32. The van der Waals surface area contributed by atoms with E-state index >= 15 is 0 Å². The molecule has 0 aromatic heterocycles. The molecule has 1 aliphatic heterocycles. The molecule has 2 amide bonds. The van der Waals surface area contributed by atoms with Gasteiger partial charge in [0, 0.05) is 26.7 Å². The van der Waals surface area contributed by atoms with E-state index in [-0.39, 0.29) is 23.7 Å². The largest absolute Gasteiger partial charge is 0.444 e. The standard InChI is InChI=1S/C19H27FN2O3/c1-19(2,3)25-18(24)22-10-6-8-15(13-22)17(23)21(4)12-14-7-5-9-16(20)11-14/h5,7,9,11,15H,6,8,10,12-13H2,1-4H3/t15-/m0/s1. The van der Waals surface area contributed by atoms with Gasteiger partial charge in [0.25, 0.3) is 0 Å². The Hall–Kier alpha value is -2.11. The van der Waals surface area contributed by atoms with Crippen molar-refractivity contribution in [2.45, 2.75) is 45.8 Å². The quantitative estimate of drug-likeness (QED) is 0.839. The monoisotopic (exact) mass is 350 g/mol. The molecule has 1 aliphatic rings. The fraction of sp³-hybridized carbons (Fsp3) is 0.579. The molecule has 0 radical (unpaired) electrons. The third kappa shape index (κ3) is 5.73. The smallest absolute Gasteiger partial charge is 0.410 e. The van der Waals surface area contributed by atoms with Gasteiger partial charge in [-0.15, -0.1) is 0 Å². The molecule has 0 aliphatic carbocycles. The number of likely N-dealkylation sites (tertiary alicyclic amines) is 1. The van der Waals surface area contributed by atoms with Gasteiger partial charge in [0.1, 0.15) is 11.4 Å². The van der Waals surface area contributed by atoms with Crippen molar-refractivity contribution >= 4 is 12.0 Å². The number of piperidine rings is 1. The van der Waals surface area contributed by atoms with Crippen LogP contribution in [0.2, 0.25) is 0 Å². The summed E-state index contributed by atoms with van der Waals surface area (Å²) >= 11 is 0. The Morgan fingerprint density at radius 2 is 2.08 bits per heavy atom. The topological polar surface area (TPSA) is 49.9 Å². The van der Waals surface area contributed by atoms with Crippen molar-refractivity contribution in [2.24, 2.45) is 5.92 Å². The number of rotatable bonds is 3. The molecule has 1 aromatic rings. The van der Waals surface area contributed by atoms with Gasteiger partial charge in [-0.3, -0.25) is 4.79 Å². The molecule has 138 valence electrons. The second-order valence-corrected chi connectivity index (χ2v) is 7.59. The van der Waals surface area contributed by atoms with Crippen molar-refractivity contribution < 1.29 is 18.7 Å². The van der Waals surface area contributed by atoms with Gasteiger partial charge in [-0.1, -0.05) is 12.1 Å². The Labute approximate surface area is 148 Å². The lowest BCUT2D eigenvalue weighted by Crippen LogP contribution is -2.47. The SMILES string of the molecule is CN(Cc1cccc(F)c1)C(=O)[C@H]1CCCN(C(=O)OC(C)(C)C)C1. The minimum absolute atomic E-state index is 0.0301. The van der Waals surface area contributed by atoms with Crippen LogP contribution in [0.15, 0.2) is 24.3 Å². The minimum atomic E-state index is -0.553. The van der Waals surface area contributed by atoms with Crippen LogP contribution in [-0.2, 0) is 16.1 Å². The number of ether oxygens (including phenoxy) is 1. The number of carbonyl (C=O) groups excluding carboxylic acids is 2. The van der Waals surface area contributed by atoms with Crippen LogP contribution in [-0.4, -0.2) is 47.5 Å². The van der Waals surface area contributed by atoms with Gasteiger partial charge in [-0.05, 0) is 51.3 Å². The predicted octanol–water partition coefficient (Wildman–Crippen LogP) is 3.43. The number of hydrogen-bond donors (Lipinski definition) is 0. The van der Waals surface area contributed by atoms with Crippen LogP contribution in [0.3, 0.4) is 0 Å². The highest BCUT2D eigenvalue weighted by atomic mass is 19.1. The maximum absolute atomic E-state index is 13.3. The van der Waals surface area contributed by atoms with Crippen molar-refractivity contribution in [1.82, 2.24) is 9.80 Å². The second-order valence-electron chi connectivity index (χ2n) is 7.59. The predicted molar refractivity (Wildman–Crippen MR) is 93.4 cm³/mol. The zero-order valence-electron chi connectivity index (χ0n) is 15.4. The molecule has 0 unspecified atom stereocenters. The van der Waals surface area contributed by atoms with E-state index < -0.39 is 5.60 Å². The lowest BCUT2D eigenvalue weighted by atomic mass is 9.96. The Kier molecular flexibility index (Phi) is 6.03. The molecule has 2 rings (SSSR count). The summed E-state index contributed by atoms with van der Waals surface area (Å²) in [6.07, 6.45) is 1.13. The first-order valence-corrected chi connectivity index (χ1v) is 8.63. The van der Waals surface area contributed by atoms with E-state index in [2.05, 4.69) is 0 Å². The van der Waals surface area contributed by atoms with E-state index in [4.69, 9.17) is 4.74 Å². The summed E-state index contributed by atoms with van der Waals surface area (Å²) in [5.74, 6) is -0.593. The van der Waals surface area contributed by atoms with Gasteiger partial charge in [0.15, 0.2) is 0 Å². The van der Waals surface area contributed by atoms with Crippen LogP contribution >= 0.6 is 0 Å². The molecular weight excluding hydrogens is 323 g/mol. The molecule has 6 heteroatoms. The molecule has 0 spiro atoms. The van der Waals surface area contributed by atoms with Gasteiger partial charge in [-0.2, -0.15) is 0 Å². The van der Waals surface area contributed by atoms with Crippen LogP contribution in [0.1, 0.15) is 39.2 Å². The van der Waals surface area contributed by atoms with Crippen molar-refractivity contribution in [3.63, 3.8) is 0 Å². The maximum atomic E-state index is 13.3. The van der Waals surface area contributed by atoms with E-state index in [1.165, 1.54) is 12.1 Å². The third-order valence-electron chi connectivity index (χ3n) is 4.11. The Balaban J connectivity index is 1.95. The van der Waals surface area contributed by atoms with Gasteiger partial charge >= 0.3 is 6.09 Å². The van der Waals surface area contributed by atoms with E-state index in [9.17, 15) is 14.0 Å². The summed E-state index contributed by atoms with van der Waals surface area (Å²) in [4.78, 5) is 28.1. The van der Waals surface area contributed by atoms with Crippen LogP contribution in [0.4, 0.5) is 9.18 Å². The van der Waals surface area contributed by atoms with Gasteiger partial charge < -0.3 is 14.5 Å². The lowest BCUT2D eigenvalue weighted by Gasteiger charge is -2.35. The van der Waals surface area contributed by atoms with Crippen molar-refractivity contribution in [2.75, 3.05) is 20.1 Å². The number of hydrogen-bond acceptors (Lipinski definition) is 3. The van der Waals surface area contributed by atoms with Crippen LogP contribution in [0, 0.1) is 11.7 Å². The van der Waals surface area contributed by atoms with Crippen molar-refractivity contribution in [3.8, 4) is 0 Å². The summed E-state index contributed by atoms with van der Waals surface area (Å²) in [5, 5.41) is 0. The number of halogens is 1. The average molecular weight is 350 g/mol. The van der Waals surface area contributed by atoms with Crippen molar-refractivity contribution in [3.05, 3.63) is 35.6 Å². The second kappa shape index (κ2) is 7.85. The van der Waals surface area contributed by atoms with Crippen LogP contribution in [0.5, 0.6) is 0 Å². The Morgan fingerprint density at radius 1 is 1.36 bits per heavy atom. The molecule has 0 bridgehead atoms. The van der Waals surface area contributed by atoms with Gasteiger partial charge in [0.05, 0.1) is 5.92 Å². The fourth-order valence-electron chi connectivity index (χ4n) is 2.97. The zero-order valence-corrected chi connectivity index (χ0v) is 15.4. The first kappa shape index (κ1) is 19.2. The summed E-state index contributed by atoms with van der Waals surface area (Å²) in [6.45, 7) is 6.78. The molecule has 25 heavy (non-hydrogen) atoms. The first-order valence-electron chi connectivity index (χ1n) is 8.63. The maximum Gasteiger partial charge on any atom is 0.410 e. The molecule has 0 saturated carbocycles. The molecule has 1 saturated heterocycles. The van der Waals surface area contributed by atoms with Crippen LogP contribution < -0.4 is 0 Å².